The van der Waals surface area contributed by atoms with E-state index in [0.717, 1.165) is 165 Å². The van der Waals surface area contributed by atoms with Crippen LogP contribution in [-0.4, -0.2) is 49.5 Å². The van der Waals surface area contributed by atoms with Gasteiger partial charge in [0, 0.05) is 23.3 Å². The lowest BCUT2D eigenvalue weighted by Gasteiger charge is -2.24. The van der Waals surface area contributed by atoms with E-state index in [1.165, 1.54) is 89.1 Å². The Morgan fingerprint density at radius 1 is 0.404 bits per heavy atom. The van der Waals surface area contributed by atoms with Gasteiger partial charge < -0.3 is 28.4 Å². The molecule has 6 nitrogen and oxygen atoms in total. The average molecular weight is 1200 g/mol. The maximum atomic E-state index is 6.56. The Morgan fingerprint density at radius 2 is 0.820 bits per heavy atom. The molecule has 0 aromatic heterocycles. The zero-order valence-electron chi connectivity index (χ0n) is 52.6. The summed E-state index contributed by atoms with van der Waals surface area (Å²) in [6.07, 6.45) is 20.9. The molecule has 2 heterocycles. The molecule has 8 aromatic carbocycles. The molecule has 0 amide bonds. The van der Waals surface area contributed by atoms with Crippen molar-refractivity contribution in [3.05, 3.63) is 261 Å². The summed E-state index contributed by atoms with van der Waals surface area (Å²) in [5, 5.41) is 0.980. The topological polar surface area (TPSA) is 55.4 Å². The molecule has 0 bridgehead atoms. The van der Waals surface area contributed by atoms with Crippen LogP contribution in [0.5, 0.6) is 23.0 Å². The first kappa shape index (κ1) is 61.9. The summed E-state index contributed by atoms with van der Waals surface area (Å²) in [6, 6.07) is 71.5. The Kier molecular flexibility index (Phi) is 21.9. The van der Waals surface area contributed by atoms with E-state index >= 15 is 0 Å². The average Bonchev–Trinajstić information content (AvgIpc) is 1.99. The third kappa shape index (κ3) is 17.2. The van der Waals surface area contributed by atoms with Gasteiger partial charge in [0.05, 0.1) is 26.4 Å². The second kappa shape index (κ2) is 31.4. The molecule has 4 atom stereocenters. The van der Waals surface area contributed by atoms with Gasteiger partial charge in [-0.2, -0.15) is 11.8 Å². The third-order valence-corrected chi connectivity index (χ3v) is 19.9. The maximum Gasteiger partial charge on any atom is 0.199 e. The Hall–Kier alpha value is -7.29. The highest BCUT2D eigenvalue weighted by molar-refractivity contribution is 8.00. The summed E-state index contributed by atoms with van der Waals surface area (Å²) in [4.78, 5) is 0. The second-order valence-corrected chi connectivity index (χ2v) is 26.7. The first-order valence-corrected chi connectivity index (χ1v) is 34.5. The van der Waals surface area contributed by atoms with E-state index in [1.54, 1.807) is 0 Å². The summed E-state index contributed by atoms with van der Waals surface area (Å²) in [5.41, 5.74) is 21.1. The van der Waals surface area contributed by atoms with Crippen molar-refractivity contribution in [1.82, 2.24) is 0 Å². The smallest absolute Gasteiger partial charge is 0.199 e. The van der Waals surface area contributed by atoms with Crippen LogP contribution in [0.25, 0.3) is 22.3 Å². The van der Waals surface area contributed by atoms with Crippen molar-refractivity contribution in [2.45, 2.75) is 165 Å². The normalized spacial score (nSPS) is 17.6. The molecule has 2 aliphatic heterocycles. The van der Waals surface area contributed by atoms with Crippen molar-refractivity contribution < 1.29 is 28.4 Å². The molecule has 2 fully saturated rings. The predicted molar refractivity (Wildman–Crippen MR) is 368 cm³/mol. The summed E-state index contributed by atoms with van der Waals surface area (Å²) in [6.45, 7) is 7.30. The lowest BCUT2D eigenvalue weighted by atomic mass is 9.88. The number of aryl methyl sites for hydroxylation is 4. The lowest BCUT2D eigenvalue weighted by Crippen LogP contribution is -2.25. The predicted octanol–water partition coefficient (Wildman–Crippen LogP) is 20.5. The molecule has 0 N–H and O–H groups in total. The molecule has 12 rings (SSSR count). The Bertz CT molecular complexity index is 3320. The first-order chi connectivity index (χ1) is 43.9. The van der Waals surface area contributed by atoms with Crippen LogP contribution in [0.3, 0.4) is 0 Å². The maximum absolute atomic E-state index is 6.56. The standard InChI is InChI=1S/C82H90O6S/c1-59-31-35-61(36-32-59)55-73(25-9-13-51-83-69-43-39-65(40-44-69)81-75(63-19-5-3-6-20-63)27-17-23-67-57-71(47-49-77(67)81)87-79-29-11-15-53-85-79)89-74(56-62-37-33-60(2)34-38-62)26-10-14-52-84-70-45-41-66(42-46-70)82-76(64-21-7-4-8-22-64)28-18-24-68-58-72(48-50-78(68)82)88-80-30-12-16-54-86-80/h3-8,19-22,31-50,57-58,73-74,79-80H,9-18,23-30,51-56H2,1-2H3. The van der Waals surface area contributed by atoms with Gasteiger partial charge in [0.2, 0.25) is 0 Å². The molecule has 2 saturated heterocycles. The quantitative estimate of drug-likeness (QED) is 0.0501. The lowest BCUT2D eigenvalue weighted by molar-refractivity contribution is -0.106. The fourth-order valence-electron chi connectivity index (χ4n) is 13.5. The van der Waals surface area contributed by atoms with Gasteiger partial charge in [-0.15, -0.1) is 0 Å². The zero-order chi connectivity index (χ0) is 60.4. The van der Waals surface area contributed by atoms with Gasteiger partial charge in [0.15, 0.2) is 12.6 Å². The monoisotopic (exact) mass is 1200 g/mol. The number of rotatable bonds is 26. The summed E-state index contributed by atoms with van der Waals surface area (Å²) in [7, 11) is 0. The molecular weight excluding hydrogens is 1110 g/mol. The van der Waals surface area contributed by atoms with Crippen LogP contribution in [0.4, 0.5) is 0 Å². The molecule has 89 heavy (non-hydrogen) atoms. The van der Waals surface area contributed by atoms with Gasteiger partial charge >= 0.3 is 0 Å². The fraction of sp³-hybridized carbons (Fsp3) is 0.366. The molecule has 460 valence electrons. The van der Waals surface area contributed by atoms with Crippen LogP contribution in [0.2, 0.25) is 0 Å². The van der Waals surface area contributed by atoms with Crippen molar-refractivity contribution >= 4 is 34.1 Å². The molecule has 8 aromatic rings. The van der Waals surface area contributed by atoms with Crippen LogP contribution in [0.1, 0.15) is 169 Å². The highest BCUT2D eigenvalue weighted by Gasteiger charge is 2.26. The highest BCUT2D eigenvalue weighted by atomic mass is 32.2. The molecular formula is C82H90O6S. The number of fused-ring (bicyclic) bond motifs is 2. The van der Waals surface area contributed by atoms with Crippen molar-refractivity contribution in [3.8, 4) is 23.0 Å². The number of thioether (sulfide) groups is 1. The number of allylic oxidation sites excluding steroid dienone is 2. The molecule has 0 spiro atoms. The van der Waals surface area contributed by atoms with Gasteiger partial charge in [-0.05, 0) is 256 Å². The summed E-state index contributed by atoms with van der Waals surface area (Å²) in [5.74, 6) is 3.65. The molecule has 7 heteroatoms. The van der Waals surface area contributed by atoms with Gasteiger partial charge in [-0.25, -0.2) is 0 Å². The van der Waals surface area contributed by atoms with Gasteiger partial charge in [0.1, 0.15) is 23.0 Å². The number of unbranched alkanes of at least 4 members (excludes halogenated alkanes) is 2. The number of hydrogen-bond donors (Lipinski definition) is 0. The first-order valence-electron chi connectivity index (χ1n) is 33.5. The van der Waals surface area contributed by atoms with Crippen LogP contribution < -0.4 is 18.9 Å². The van der Waals surface area contributed by atoms with Crippen molar-refractivity contribution in [2.24, 2.45) is 0 Å². The minimum absolute atomic E-state index is 0.162. The molecule has 2 aliphatic carbocycles. The van der Waals surface area contributed by atoms with E-state index in [0.29, 0.717) is 23.7 Å². The van der Waals surface area contributed by atoms with Crippen molar-refractivity contribution in [2.75, 3.05) is 26.4 Å². The van der Waals surface area contributed by atoms with E-state index in [1.807, 2.05) is 0 Å². The highest BCUT2D eigenvalue weighted by Crippen LogP contribution is 2.44. The van der Waals surface area contributed by atoms with Crippen LogP contribution >= 0.6 is 11.8 Å². The number of benzene rings is 8. The molecule has 0 saturated carbocycles. The van der Waals surface area contributed by atoms with Crippen LogP contribution in [-0.2, 0) is 35.2 Å². The minimum Gasteiger partial charge on any atom is -0.494 e. The molecule has 0 radical (unpaired) electrons. The van der Waals surface area contributed by atoms with Crippen molar-refractivity contribution in [1.29, 1.82) is 0 Å². The summed E-state index contributed by atoms with van der Waals surface area (Å²) < 4.78 is 37.8. The van der Waals surface area contributed by atoms with Crippen LogP contribution in [0.15, 0.2) is 194 Å². The molecule has 4 aliphatic rings. The fourth-order valence-corrected chi connectivity index (χ4v) is 15.3. The van der Waals surface area contributed by atoms with E-state index in [4.69, 9.17) is 28.4 Å². The third-order valence-electron chi connectivity index (χ3n) is 18.3. The second-order valence-electron chi connectivity index (χ2n) is 25.1. The summed E-state index contributed by atoms with van der Waals surface area (Å²) >= 11 is 2.22. The molecule has 4 unspecified atom stereocenters. The van der Waals surface area contributed by atoms with Crippen molar-refractivity contribution in [3.63, 3.8) is 0 Å². The zero-order valence-corrected chi connectivity index (χ0v) is 53.4. The van der Waals surface area contributed by atoms with E-state index in [9.17, 15) is 0 Å². The number of hydrogen-bond acceptors (Lipinski definition) is 7. The van der Waals surface area contributed by atoms with Gasteiger partial charge in [-0.3, -0.25) is 0 Å². The van der Waals surface area contributed by atoms with Gasteiger partial charge in [-0.1, -0.05) is 157 Å². The number of ether oxygens (including phenoxy) is 6. The Labute approximate surface area is 535 Å². The Balaban J connectivity index is 0.680. The largest absolute Gasteiger partial charge is 0.494 e. The van der Waals surface area contributed by atoms with Crippen LogP contribution in [0, 0.1) is 13.8 Å². The van der Waals surface area contributed by atoms with E-state index in [2.05, 4.69) is 220 Å². The Morgan fingerprint density at radius 3 is 1.22 bits per heavy atom. The van der Waals surface area contributed by atoms with Gasteiger partial charge in [0.25, 0.3) is 0 Å². The van der Waals surface area contributed by atoms with E-state index < -0.39 is 0 Å². The minimum atomic E-state index is -0.162. The SMILES string of the molecule is Cc1ccc(CC(CCCCOc2ccc(C3=C(c4ccccc4)CCCc4cc(OC5CCCCO5)ccc43)cc2)SC(CCCCOc2ccc(C3=C(c4ccccc4)CCCc4cc(OC5CCCCO5)ccc43)cc2)Cc2ccc(C)cc2)cc1. The van der Waals surface area contributed by atoms with E-state index in [-0.39, 0.29) is 12.6 Å².